The zero-order chi connectivity index (χ0) is 24.0. The molecular formula is C29H41N3O3. The van der Waals surface area contributed by atoms with Gasteiger partial charge in [0, 0.05) is 18.7 Å². The molecule has 190 valence electrons. The molecule has 35 heavy (non-hydrogen) atoms. The second kappa shape index (κ2) is 9.42. The standard InChI is InChI=1S/C29H41N3O3/c1-35-26-9-3-2-7-23(26)25(31-10-4-5-11-31)19-30-27(33)24-8-6-12-32(24)28(34)29-16-20-13-21(17-29)15-22(14-20)18-29/h2-3,7,9,20-22,24-25H,4-6,8,10-19H2,1H3,(H,30,33)/t20?,21?,22?,24-,25-,29?/m0/s1. The maximum atomic E-state index is 14.0. The van der Waals surface area contributed by atoms with Gasteiger partial charge in [0.15, 0.2) is 0 Å². The first-order chi connectivity index (χ1) is 17.1. The maximum absolute atomic E-state index is 14.0. The molecular weight excluding hydrogens is 438 g/mol. The third kappa shape index (κ3) is 4.26. The van der Waals surface area contributed by atoms with Gasteiger partial charge in [-0.15, -0.1) is 0 Å². The number of carbonyl (C=O) groups excluding carboxylic acids is 2. The van der Waals surface area contributed by atoms with Gasteiger partial charge >= 0.3 is 0 Å². The van der Waals surface area contributed by atoms with Crippen molar-refractivity contribution >= 4 is 11.8 Å². The van der Waals surface area contributed by atoms with Gasteiger partial charge < -0.3 is 15.0 Å². The van der Waals surface area contributed by atoms with Crippen LogP contribution in [0.3, 0.4) is 0 Å². The summed E-state index contributed by atoms with van der Waals surface area (Å²) in [6.45, 7) is 3.37. The first-order valence-corrected chi connectivity index (χ1v) is 14.0. The Hall–Kier alpha value is -2.08. The van der Waals surface area contributed by atoms with E-state index in [-0.39, 0.29) is 23.4 Å². The molecule has 1 aromatic rings. The monoisotopic (exact) mass is 479 g/mol. The topological polar surface area (TPSA) is 61.9 Å². The molecule has 4 bridgehead atoms. The van der Waals surface area contributed by atoms with Crippen LogP contribution >= 0.6 is 0 Å². The lowest BCUT2D eigenvalue weighted by molar-refractivity contribution is -0.160. The highest BCUT2D eigenvalue weighted by molar-refractivity contribution is 5.91. The molecule has 0 spiro atoms. The molecule has 6 fully saturated rings. The maximum Gasteiger partial charge on any atom is 0.242 e. The lowest BCUT2D eigenvalue weighted by Crippen LogP contribution is -2.57. The zero-order valence-electron chi connectivity index (χ0n) is 21.2. The van der Waals surface area contributed by atoms with E-state index in [1.54, 1.807) is 7.11 Å². The van der Waals surface area contributed by atoms with Crippen LogP contribution in [-0.4, -0.2) is 60.9 Å². The van der Waals surface area contributed by atoms with E-state index in [4.69, 9.17) is 4.74 Å². The van der Waals surface area contributed by atoms with Gasteiger partial charge in [0.25, 0.3) is 0 Å². The minimum absolute atomic E-state index is 0.0275. The number of nitrogens with zero attached hydrogens (tertiary/aromatic N) is 2. The van der Waals surface area contributed by atoms with Crippen LogP contribution in [0.2, 0.25) is 0 Å². The highest BCUT2D eigenvalue weighted by Gasteiger charge is 2.56. The smallest absolute Gasteiger partial charge is 0.242 e. The van der Waals surface area contributed by atoms with Gasteiger partial charge in [-0.05, 0) is 101 Å². The Balaban J connectivity index is 1.16. The van der Waals surface area contributed by atoms with Gasteiger partial charge in [-0.25, -0.2) is 0 Å². The summed E-state index contributed by atoms with van der Waals surface area (Å²) in [6.07, 6.45) is 11.3. The summed E-state index contributed by atoms with van der Waals surface area (Å²) in [5.74, 6) is 3.42. The fourth-order valence-electron chi connectivity index (χ4n) is 8.71. The first kappa shape index (κ1) is 23.3. The molecule has 6 heteroatoms. The van der Waals surface area contributed by atoms with Crippen LogP contribution in [0, 0.1) is 23.2 Å². The van der Waals surface area contributed by atoms with Gasteiger partial charge in [-0.3, -0.25) is 14.5 Å². The number of carbonyl (C=O) groups is 2. The predicted molar refractivity (Wildman–Crippen MR) is 135 cm³/mol. The normalized spacial score (nSPS) is 34.8. The fraction of sp³-hybridized carbons (Fsp3) is 0.724. The number of nitrogens with one attached hydrogen (secondary N) is 1. The van der Waals surface area contributed by atoms with Crippen LogP contribution in [0.1, 0.15) is 75.8 Å². The minimum atomic E-state index is -0.313. The van der Waals surface area contributed by atoms with Crippen molar-refractivity contribution in [2.24, 2.45) is 23.2 Å². The number of methoxy groups -OCH3 is 1. The van der Waals surface area contributed by atoms with Crippen molar-refractivity contribution in [1.82, 2.24) is 15.1 Å². The number of ether oxygens (including phenoxy) is 1. The zero-order valence-corrected chi connectivity index (χ0v) is 21.2. The Kier molecular flexibility index (Phi) is 6.28. The molecule has 7 rings (SSSR count). The summed E-state index contributed by atoms with van der Waals surface area (Å²) in [6, 6.07) is 7.94. The molecule has 4 saturated carbocycles. The van der Waals surface area contributed by atoms with Crippen molar-refractivity contribution in [3.63, 3.8) is 0 Å². The molecule has 0 aromatic heterocycles. The van der Waals surface area contributed by atoms with Crippen molar-refractivity contribution < 1.29 is 14.3 Å². The summed E-state index contributed by atoms with van der Waals surface area (Å²) in [7, 11) is 1.71. The fourth-order valence-corrected chi connectivity index (χ4v) is 8.71. The van der Waals surface area contributed by atoms with E-state index in [2.05, 4.69) is 16.3 Å². The molecule has 6 aliphatic rings. The quantitative estimate of drug-likeness (QED) is 0.638. The summed E-state index contributed by atoms with van der Waals surface area (Å²) >= 11 is 0. The number of hydrogen-bond donors (Lipinski definition) is 1. The number of amides is 2. The third-order valence-electron chi connectivity index (χ3n) is 9.86. The molecule has 2 amide bonds. The molecule has 4 aliphatic carbocycles. The van der Waals surface area contributed by atoms with E-state index in [1.165, 1.54) is 32.1 Å². The van der Waals surface area contributed by atoms with Crippen molar-refractivity contribution in [3.8, 4) is 5.75 Å². The summed E-state index contributed by atoms with van der Waals surface area (Å²) in [4.78, 5) is 32.0. The van der Waals surface area contributed by atoms with Crippen LogP contribution in [0.4, 0.5) is 0 Å². The summed E-state index contributed by atoms with van der Waals surface area (Å²) in [5, 5.41) is 3.28. The van der Waals surface area contributed by atoms with E-state index in [0.29, 0.717) is 12.5 Å². The lowest BCUT2D eigenvalue weighted by Gasteiger charge is -2.56. The third-order valence-corrected chi connectivity index (χ3v) is 9.86. The van der Waals surface area contributed by atoms with Crippen molar-refractivity contribution in [3.05, 3.63) is 29.8 Å². The number of benzene rings is 1. The van der Waals surface area contributed by atoms with E-state index < -0.39 is 0 Å². The van der Waals surface area contributed by atoms with E-state index >= 15 is 0 Å². The number of para-hydroxylation sites is 1. The van der Waals surface area contributed by atoms with Gasteiger partial charge in [-0.2, -0.15) is 0 Å². The van der Waals surface area contributed by atoms with Crippen LogP contribution in [-0.2, 0) is 9.59 Å². The van der Waals surface area contributed by atoms with E-state index in [1.807, 2.05) is 23.1 Å². The Bertz CT molecular complexity index is 921. The van der Waals surface area contributed by atoms with Gasteiger partial charge in [0.2, 0.25) is 11.8 Å². The number of likely N-dealkylation sites (tertiary alicyclic amines) is 2. The van der Waals surface area contributed by atoms with E-state index in [9.17, 15) is 9.59 Å². The highest BCUT2D eigenvalue weighted by Crippen LogP contribution is 2.60. The van der Waals surface area contributed by atoms with Crippen LogP contribution < -0.4 is 10.1 Å². The molecule has 2 atom stereocenters. The molecule has 2 aliphatic heterocycles. The molecule has 6 nitrogen and oxygen atoms in total. The molecule has 2 heterocycles. The van der Waals surface area contributed by atoms with Crippen molar-refractivity contribution in [2.75, 3.05) is 33.3 Å². The van der Waals surface area contributed by atoms with E-state index in [0.717, 1.165) is 80.8 Å². The summed E-state index contributed by atoms with van der Waals surface area (Å²) in [5.41, 5.74) is 0.956. The second-order valence-electron chi connectivity index (χ2n) is 12.1. The number of rotatable bonds is 7. The minimum Gasteiger partial charge on any atom is -0.496 e. The average molecular weight is 480 g/mol. The van der Waals surface area contributed by atoms with Crippen LogP contribution in [0.25, 0.3) is 0 Å². The predicted octanol–water partition coefficient (Wildman–Crippen LogP) is 4.16. The average Bonchev–Trinajstić information content (AvgIpc) is 3.56. The van der Waals surface area contributed by atoms with Gasteiger partial charge in [0.05, 0.1) is 18.6 Å². The Morgan fingerprint density at radius 1 is 1.00 bits per heavy atom. The Morgan fingerprint density at radius 2 is 1.66 bits per heavy atom. The van der Waals surface area contributed by atoms with Crippen molar-refractivity contribution in [1.29, 1.82) is 0 Å². The molecule has 1 aromatic carbocycles. The van der Waals surface area contributed by atoms with Crippen LogP contribution in [0.5, 0.6) is 5.75 Å². The van der Waals surface area contributed by atoms with Gasteiger partial charge in [0.1, 0.15) is 11.8 Å². The van der Waals surface area contributed by atoms with Crippen LogP contribution in [0.15, 0.2) is 24.3 Å². The molecule has 0 unspecified atom stereocenters. The number of hydrogen-bond acceptors (Lipinski definition) is 4. The Labute approximate surface area is 209 Å². The lowest BCUT2D eigenvalue weighted by atomic mass is 9.49. The van der Waals surface area contributed by atoms with Crippen molar-refractivity contribution in [2.45, 2.75) is 76.3 Å². The molecule has 2 saturated heterocycles. The Morgan fingerprint density at radius 3 is 2.31 bits per heavy atom. The highest BCUT2D eigenvalue weighted by atomic mass is 16.5. The summed E-state index contributed by atoms with van der Waals surface area (Å²) < 4.78 is 5.67. The SMILES string of the molecule is COc1ccccc1[C@H](CNC(=O)[C@@H]1CCCN1C(=O)C12CC3CC(CC(C3)C1)C2)N1CCCC1. The van der Waals surface area contributed by atoms with Gasteiger partial charge in [-0.1, -0.05) is 18.2 Å². The first-order valence-electron chi connectivity index (χ1n) is 14.0. The molecule has 1 N–H and O–H groups in total. The second-order valence-corrected chi connectivity index (χ2v) is 12.1. The largest absolute Gasteiger partial charge is 0.496 e. The molecule has 0 radical (unpaired) electrons.